The molecule has 39 heavy (non-hydrogen) atoms. The van der Waals surface area contributed by atoms with E-state index in [2.05, 4.69) is 5.32 Å². The fraction of sp³-hybridized carbons (Fsp3) is 0.567. The molecule has 2 fully saturated rings. The van der Waals surface area contributed by atoms with Crippen LogP contribution in [0, 0.1) is 5.82 Å². The van der Waals surface area contributed by atoms with Crippen LogP contribution in [0.15, 0.2) is 24.3 Å². The molecule has 0 spiro atoms. The monoisotopic (exact) mass is 540 g/mol. The number of pyridine rings is 1. The maximum Gasteiger partial charge on any atom is 0.401 e. The number of hydrogen-bond acceptors (Lipinski definition) is 6. The average Bonchev–Trinajstić information content (AvgIpc) is 3.41. The Morgan fingerprint density at radius 2 is 2.13 bits per heavy atom. The van der Waals surface area contributed by atoms with E-state index >= 15 is 0 Å². The molecule has 0 bridgehead atoms. The SMILES string of the molecule is COc1cc(CCCCO[C@@H]2CC[N+](=C(C(=O)O)c3cc(F)ccc3[C@H]3CCCCO3)C2)nc2c1CCCN2. The number of aromatic nitrogens is 1. The number of methoxy groups -OCH3 is 1. The zero-order valence-corrected chi connectivity index (χ0v) is 22.7. The number of nitrogens with zero attached hydrogens (tertiary/aromatic N) is 2. The maximum absolute atomic E-state index is 14.3. The van der Waals surface area contributed by atoms with Crippen LogP contribution in [0.2, 0.25) is 0 Å². The van der Waals surface area contributed by atoms with Gasteiger partial charge < -0.3 is 24.6 Å². The summed E-state index contributed by atoms with van der Waals surface area (Å²) in [6.45, 7) is 3.20. The van der Waals surface area contributed by atoms with Crippen molar-refractivity contribution in [1.29, 1.82) is 0 Å². The van der Waals surface area contributed by atoms with Gasteiger partial charge in [-0.15, -0.1) is 0 Å². The molecule has 0 saturated carbocycles. The second-order valence-electron chi connectivity index (χ2n) is 10.6. The molecular weight excluding hydrogens is 501 g/mol. The van der Waals surface area contributed by atoms with E-state index in [-0.39, 0.29) is 17.9 Å². The average molecular weight is 541 g/mol. The summed E-state index contributed by atoms with van der Waals surface area (Å²) in [4.78, 5) is 17.2. The van der Waals surface area contributed by atoms with E-state index < -0.39 is 11.8 Å². The Labute approximate surface area is 229 Å². The predicted octanol–water partition coefficient (Wildman–Crippen LogP) is 4.53. The number of nitrogens with one attached hydrogen (secondary N) is 1. The van der Waals surface area contributed by atoms with E-state index in [1.54, 1.807) is 13.2 Å². The number of benzene rings is 1. The summed E-state index contributed by atoms with van der Waals surface area (Å²) in [6, 6.07) is 6.45. The highest BCUT2D eigenvalue weighted by Gasteiger charge is 2.36. The van der Waals surface area contributed by atoms with Gasteiger partial charge in [-0.2, -0.15) is 0 Å². The van der Waals surface area contributed by atoms with Gasteiger partial charge in [0.25, 0.3) is 5.71 Å². The lowest BCUT2D eigenvalue weighted by Crippen LogP contribution is -2.31. The highest BCUT2D eigenvalue weighted by atomic mass is 19.1. The third kappa shape index (κ3) is 6.58. The van der Waals surface area contributed by atoms with Gasteiger partial charge >= 0.3 is 5.97 Å². The van der Waals surface area contributed by atoms with Gasteiger partial charge in [0.05, 0.1) is 18.8 Å². The third-order valence-electron chi connectivity index (χ3n) is 7.89. The van der Waals surface area contributed by atoms with Crippen LogP contribution in [-0.4, -0.2) is 72.4 Å². The molecule has 9 heteroatoms. The second kappa shape index (κ2) is 12.9. The number of carboxylic acids is 1. The first-order valence-electron chi connectivity index (χ1n) is 14.2. The summed E-state index contributed by atoms with van der Waals surface area (Å²) in [7, 11) is 1.71. The van der Waals surface area contributed by atoms with Crippen LogP contribution >= 0.6 is 0 Å². The van der Waals surface area contributed by atoms with Crippen LogP contribution in [0.1, 0.15) is 73.4 Å². The van der Waals surface area contributed by atoms with Gasteiger partial charge in [0.15, 0.2) is 6.54 Å². The zero-order chi connectivity index (χ0) is 27.2. The van der Waals surface area contributed by atoms with Crippen molar-refractivity contribution in [3.05, 3.63) is 52.5 Å². The minimum atomic E-state index is -1.05. The van der Waals surface area contributed by atoms with Gasteiger partial charge in [-0.25, -0.2) is 18.7 Å². The summed E-state index contributed by atoms with van der Waals surface area (Å²) in [5.74, 6) is 0.351. The minimum absolute atomic E-state index is 0.0616. The van der Waals surface area contributed by atoms with Gasteiger partial charge in [0, 0.05) is 43.5 Å². The fourth-order valence-electron chi connectivity index (χ4n) is 5.92. The molecule has 5 rings (SSSR count). The van der Waals surface area contributed by atoms with E-state index in [1.807, 2.05) is 10.6 Å². The molecule has 0 unspecified atom stereocenters. The van der Waals surface area contributed by atoms with Crippen LogP contribution in [0.25, 0.3) is 0 Å². The molecule has 0 amide bonds. The normalized spacial score (nSPS) is 22.2. The first-order chi connectivity index (χ1) is 19.0. The van der Waals surface area contributed by atoms with Crippen LogP contribution in [-0.2, 0) is 27.1 Å². The third-order valence-corrected chi connectivity index (χ3v) is 7.89. The first-order valence-corrected chi connectivity index (χ1v) is 14.2. The zero-order valence-electron chi connectivity index (χ0n) is 22.7. The van der Waals surface area contributed by atoms with Crippen molar-refractivity contribution in [3.63, 3.8) is 0 Å². The molecule has 210 valence electrons. The van der Waals surface area contributed by atoms with E-state index in [0.717, 1.165) is 92.7 Å². The van der Waals surface area contributed by atoms with E-state index in [1.165, 1.54) is 12.1 Å². The predicted molar refractivity (Wildman–Crippen MR) is 146 cm³/mol. The van der Waals surface area contributed by atoms with Crippen LogP contribution in [0.5, 0.6) is 5.75 Å². The van der Waals surface area contributed by atoms with Crippen molar-refractivity contribution in [2.45, 2.75) is 70.0 Å². The summed E-state index contributed by atoms with van der Waals surface area (Å²) in [5.41, 5.74) is 3.47. The van der Waals surface area contributed by atoms with Crippen molar-refractivity contribution in [1.82, 2.24) is 4.98 Å². The number of aliphatic carboxylic acids is 1. The van der Waals surface area contributed by atoms with Crippen LogP contribution < -0.4 is 10.1 Å². The number of ether oxygens (including phenoxy) is 3. The van der Waals surface area contributed by atoms with Gasteiger partial charge in [-0.1, -0.05) is 6.07 Å². The number of aryl methyl sites for hydroxylation is 1. The number of hydrogen-bond donors (Lipinski definition) is 2. The lowest BCUT2D eigenvalue weighted by molar-refractivity contribution is -0.509. The van der Waals surface area contributed by atoms with Crippen molar-refractivity contribution in [2.75, 3.05) is 45.3 Å². The number of fused-ring (bicyclic) bond motifs is 1. The van der Waals surface area contributed by atoms with Crippen molar-refractivity contribution in [2.24, 2.45) is 0 Å². The van der Waals surface area contributed by atoms with Crippen molar-refractivity contribution in [3.8, 4) is 5.75 Å². The Bertz CT molecular complexity index is 1190. The standard InChI is InChI=1S/C30H38FN3O5/c1-37-27-18-21(33-29-24(27)8-6-13-32-29)7-2-4-15-38-22-12-14-34(19-22)28(30(35)36)25-17-20(31)10-11-23(25)26-9-3-5-16-39-26/h10-11,17-18,22,26H,2-9,12-16,19H2,1H3,(H-,32,33,35,36)/p+1/t22-,26-/m1/s1. The van der Waals surface area contributed by atoms with Gasteiger partial charge in [0.2, 0.25) is 0 Å². The highest BCUT2D eigenvalue weighted by molar-refractivity contribution is 6.40. The number of rotatable bonds is 10. The van der Waals surface area contributed by atoms with E-state index in [0.29, 0.717) is 31.9 Å². The molecule has 0 aliphatic carbocycles. The Kier molecular flexibility index (Phi) is 9.09. The minimum Gasteiger partial charge on any atom is -0.496 e. The fourth-order valence-corrected chi connectivity index (χ4v) is 5.92. The smallest absolute Gasteiger partial charge is 0.401 e. The van der Waals surface area contributed by atoms with Gasteiger partial charge in [-0.3, -0.25) is 0 Å². The number of carboxylic acid groups (broad SMARTS) is 1. The van der Waals surface area contributed by atoms with Gasteiger partial charge in [-0.05, 0) is 69.1 Å². The lowest BCUT2D eigenvalue weighted by Gasteiger charge is -2.24. The Morgan fingerprint density at radius 3 is 2.92 bits per heavy atom. The van der Waals surface area contributed by atoms with E-state index in [4.69, 9.17) is 19.2 Å². The molecule has 4 heterocycles. The Morgan fingerprint density at radius 1 is 1.23 bits per heavy atom. The summed E-state index contributed by atoms with van der Waals surface area (Å²) in [6.07, 6.45) is 8.00. The molecule has 2 atom stereocenters. The van der Waals surface area contributed by atoms with Crippen LogP contribution in [0.3, 0.4) is 0 Å². The Balaban J connectivity index is 1.18. The molecule has 1 aromatic carbocycles. The molecule has 2 saturated heterocycles. The second-order valence-corrected chi connectivity index (χ2v) is 10.6. The molecule has 0 radical (unpaired) electrons. The van der Waals surface area contributed by atoms with E-state index in [9.17, 15) is 14.3 Å². The summed E-state index contributed by atoms with van der Waals surface area (Å²) >= 11 is 0. The lowest BCUT2D eigenvalue weighted by atomic mass is 9.94. The summed E-state index contributed by atoms with van der Waals surface area (Å²) < 4.78 is 33.8. The number of anilines is 1. The molecule has 1 aromatic heterocycles. The number of unbranched alkanes of at least 4 members (excludes halogenated alkanes) is 1. The molecule has 8 nitrogen and oxygen atoms in total. The maximum atomic E-state index is 14.3. The van der Waals surface area contributed by atoms with Crippen molar-refractivity contribution >= 4 is 17.5 Å². The topological polar surface area (TPSA) is 92.9 Å². The van der Waals surface area contributed by atoms with Gasteiger partial charge in [0.1, 0.15) is 30.0 Å². The highest BCUT2D eigenvalue weighted by Crippen LogP contribution is 2.32. The quantitative estimate of drug-likeness (QED) is 0.338. The first kappa shape index (κ1) is 27.5. The molecule has 3 aliphatic rings. The van der Waals surface area contributed by atoms with Crippen molar-refractivity contribution < 1.29 is 33.1 Å². The van der Waals surface area contributed by atoms with Crippen LogP contribution in [0.4, 0.5) is 10.2 Å². The number of halogens is 1. The number of carbonyl (C=O) groups is 1. The molecule has 3 aliphatic heterocycles. The Hall–Kier alpha value is -3.04. The molecule has 2 N–H and O–H groups in total. The molecular formula is C30H39FN3O5+. The largest absolute Gasteiger partial charge is 0.496 e. The molecule has 2 aromatic rings. The summed E-state index contributed by atoms with van der Waals surface area (Å²) in [5, 5.41) is 13.5.